The van der Waals surface area contributed by atoms with Gasteiger partial charge in [-0.3, -0.25) is 4.79 Å². The van der Waals surface area contributed by atoms with Gasteiger partial charge in [-0.25, -0.2) is 0 Å². The predicted molar refractivity (Wildman–Crippen MR) is 90.9 cm³/mol. The van der Waals surface area contributed by atoms with E-state index in [2.05, 4.69) is 18.2 Å². The fourth-order valence-electron chi connectivity index (χ4n) is 3.57. The minimum atomic E-state index is 0.105. The van der Waals surface area contributed by atoms with E-state index in [1.165, 1.54) is 19.3 Å². The normalized spacial score (nSPS) is 15.9. The summed E-state index contributed by atoms with van der Waals surface area (Å²) < 4.78 is 2.02. The molecule has 1 heterocycles. The number of aromatic nitrogens is 1. The number of hydrogen-bond acceptors (Lipinski definition) is 2. The van der Waals surface area contributed by atoms with Gasteiger partial charge in [0.15, 0.2) is 0 Å². The lowest BCUT2D eigenvalue weighted by Gasteiger charge is -2.28. The van der Waals surface area contributed by atoms with Crippen LogP contribution in [-0.4, -0.2) is 4.57 Å². The van der Waals surface area contributed by atoms with Crippen molar-refractivity contribution in [2.45, 2.75) is 51.6 Å². The summed E-state index contributed by atoms with van der Waals surface area (Å²) in [4.78, 5) is 13.0. The van der Waals surface area contributed by atoms with Crippen molar-refractivity contribution in [2.75, 3.05) is 0 Å². The van der Waals surface area contributed by atoms with E-state index in [0.717, 1.165) is 35.2 Å². The van der Waals surface area contributed by atoms with Crippen LogP contribution in [0.1, 0.15) is 49.3 Å². The third kappa shape index (κ3) is 2.73. The van der Waals surface area contributed by atoms with Gasteiger partial charge in [-0.1, -0.05) is 49.6 Å². The lowest BCUT2D eigenvalue weighted by molar-refractivity contribution is 0.348. The Bertz CT molecular complexity index is 697. The van der Waals surface area contributed by atoms with E-state index >= 15 is 0 Å². The van der Waals surface area contributed by atoms with Crippen LogP contribution in [0.4, 0.5) is 0 Å². The molecule has 2 aromatic rings. The molecular weight excluding hydrogens is 272 g/mol. The third-order valence-corrected chi connectivity index (χ3v) is 4.78. The summed E-state index contributed by atoms with van der Waals surface area (Å²) in [5, 5.41) is 0. The van der Waals surface area contributed by atoms with Crippen molar-refractivity contribution in [1.82, 2.24) is 4.57 Å². The van der Waals surface area contributed by atoms with Crippen molar-refractivity contribution in [3.63, 3.8) is 0 Å². The van der Waals surface area contributed by atoms with Crippen LogP contribution in [0.15, 0.2) is 41.2 Å². The Balaban J connectivity index is 2.21. The number of nitrogens with two attached hydrogens (primary N) is 1. The second kappa shape index (κ2) is 6.49. The minimum absolute atomic E-state index is 0.105. The molecule has 1 saturated carbocycles. The van der Waals surface area contributed by atoms with Crippen LogP contribution in [0.5, 0.6) is 0 Å². The number of rotatable bonds is 3. The largest absolute Gasteiger partial charge is 0.326 e. The van der Waals surface area contributed by atoms with Crippen molar-refractivity contribution >= 4 is 0 Å². The highest BCUT2D eigenvalue weighted by Crippen LogP contribution is 2.31. The molecule has 2 N–H and O–H groups in total. The Labute approximate surface area is 131 Å². The Hall–Kier alpha value is -1.87. The van der Waals surface area contributed by atoms with E-state index in [1.54, 1.807) is 0 Å². The Morgan fingerprint density at radius 1 is 1.14 bits per heavy atom. The number of aryl methyl sites for hydroxylation is 1. The van der Waals surface area contributed by atoms with E-state index in [9.17, 15) is 4.79 Å². The van der Waals surface area contributed by atoms with Crippen LogP contribution in [0.2, 0.25) is 0 Å². The molecule has 0 aliphatic heterocycles. The molecule has 1 aromatic carbocycles. The fourth-order valence-corrected chi connectivity index (χ4v) is 3.57. The molecule has 22 heavy (non-hydrogen) atoms. The standard InChI is InChI=1S/C19H24N2O/c1-14-12-18(15-8-4-2-5-9-15)21(19(22)17(14)13-20)16-10-6-3-7-11-16/h2,4-5,8-9,12,16H,3,6-7,10-11,13,20H2,1H3. The molecule has 1 aromatic heterocycles. The summed E-state index contributed by atoms with van der Waals surface area (Å²) in [6.07, 6.45) is 5.87. The van der Waals surface area contributed by atoms with Gasteiger partial charge in [-0.05, 0) is 37.0 Å². The summed E-state index contributed by atoms with van der Waals surface area (Å²) in [6, 6.07) is 12.7. The maximum atomic E-state index is 13.0. The van der Waals surface area contributed by atoms with Gasteiger partial charge in [0.05, 0.1) is 5.69 Å². The highest BCUT2D eigenvalue weighted by molar-refractivity contribution is 5.61. The average Bonchev–Trinajstić information content (AvgIpc) is 2.56. The molecule has 1 aliphatic carbocycles. The highest BCUT2D eigenvalue weighted by atomic mass is 16.1. The summed E-state index contributed by atoms with van der Waals surface area (Å²) >= 11 is 0. The average molecular weight is 296 g/mol. The topological polar surface area (TPSA) is 48.0 Å². The number of nitrogens with zero attached hydrogens (tertiary/aromatic N) is 1. The van der Waals surface area contributed by atoms with Crippen LogP contribution in [0.3, 0.4) is 0 Å². The smallest absolute Gasteiger partial charge is 0.256 e. The molecule has 1 fully saturated rings. The lowest BCUT2D eigenvalue weighted by atomic mass is 9.93. The fraction of sp³-hybridized carbons (Fsp3) is 0.421. The summed E-state index contributed by atoms with van der Waals surface area (Å²) in [5.41, 5.74) is 9.83. The molecule has 0 unspecified atom stereocenters. The van der Waals surface area contributed by atoms with Crippen molar-refractivity contribution in [1.29, 1.82) is 0 Å². The Morgan fingerprint density at radius 3 is 2.45 bits per heavy atom. The predicted octanol–water partition coefficient (Wildman–Crippen LogP) is 3.79. The SMILES string of the molecule is Cc1cc(-c2ccccc2)n(C2CCCCC2)c(=O)c1CN. The first-order valence-corrected chi connectivity index (χ1v) is 8.23. The van der Waals surface area contributed by atoms with E-state index in [1.807, 2.05) is 29.7 Å². The number of pyridine rings is 1. The minimum Gasteiger partial charge on any atom is -0.326 e. The Morgan fingerprint density at radius 2 is 1.82 bits per heavy atom. The van der Waals surface area contributed by atoms with Crippen LogP contribution in [-0.2, 0) is 6.54 Å². The van der Waals surface area contributed by atoms with E-state index in [0.29, 0.717) is 12.6 Å². The lowest BCUT2D eigenvalue weighted by Crippen LogP contribution is -2.32. The van der Waals surface area contributed by atoms with E-state index < -0.39 is 0 Å². The van der Waals surface area contributed by atoms with Gasteiger partial charge in [0.2, 0.25) is 0 Å². The van der Waals surface area contributed by atoms with Gasteiger partial charge in [-0.15, -0.1) is 0 Å². The van der Waals surface area contributed by atoms with Crippen LogP contribution < -0.4 is 11.3 Å². The maximum absolute atomic E-state index is 13.0. The van der Waals surface area contributed by atoms with Gasteiger partial charge in [-0.2, -0.15) is 0 Å². The van der Waals surface area contributed by atoms with Crippen LogP contribution in [0.25, 0.3) is 11.3 Å². The summed E-state index contributed by atoms with van der Waals surface area (Å²) in [5.74, 6) is 0. The zero-order valence-corrected chi connectivity index (χ0v) is 13.2. The Kier molecular flexibility index (Phi) is 4.44. The molecule has 0 amide bonds. The zero-order valence-electron chi connectivity index (χ0n) is 13.2. The highest BCUT2D eigenvalue weighted by Gasteiger charge is 2.22. The first kappa shape index (κ1) is 15.0. The molecule has 116 valence electrons. The summed E-state index contributed by atoms with van der Waals surface area (Å²) in [7, 11) is 0. The van der Waals surface area contributed by atoms with Crippen LogP contribution >= 0.6 is 0 Å². The number of benzene rings is 1. The van der Waals surface area contributed by atoms with Gasteiger partial charge >= 0.3 is 0 Å². The molecule has 0 atom stereocenters. The van der Waals surface area contributed by atoms with Gasteiger partial charge < -0.3 is 10.3 Å². The quantitative estimate of drug-likeness (QED) is 0.936. The molecule has 3 nitrogen and oxygen atoms in total. The van der Waals surface area contributed by atoms with Crippen molar-refractivity contribution in [3.05, 3.63) is 57.9 Å². The first-order chi connectivity index (χ1) is 10.7. The maximum Gasteiger partial charge on any atom is 0.256 e. The van der Waals surface area contributed by atoms with Gasteiger partial charge in [0, 0.05) is 18.2 Å². The first-order valence-electron chi connectivity index (χ1n) is 8.23. The number of hydrogen-bond donors (Lipinski definition) is 1. The van der Waals surface area contributed by atoms with Crippen molar-refractivity contribution in [3.8, 4) is 11.3 Å². The molecule has 3 rings (SSSR count). The molecule has 0 saturated heterocycles. The second-order valence-electron chi connectivity index (χ2n) is 6.23. The summed E-state index contributed by atoms with van der Waals surface area (Å²) in [6.45, 7) is 2.30. The van der Waals surface area contributed by atoms with Crippen LogP contribution in [0, 0.1) is 6.92 Å². The van der Waals surface area contributed by atoms with Crippen molar-refractivity contribution < 1.29 is 0 Å². The monoisotopic (exact) mass is 296 g/mol. The van der Waals surface area contributed by atoms with Gasteiger partial charge in [0.1, 0.15) is 0 Å². The molecule has 1 aliphatic rings. The molecule has 0 spiro atoms. The molecule has 0 radical (unpaired) electrons. The second-order valence-corrected chi connectivity index (χ2v) is 6.23. The molecule has 0 bridgehead atoms. The van der Waals surface area contributed by atoms with E-state index in [-0.39, 0.29) is 5.56 Å². The molecular formula is C19H24N2O. The zero-order chi connectivity index (χ0) is 15.5. The third-order valence-electron chi connectivity index (χ3n) is 4.78. The van der Waals surface area contributed by atoms with E-state index in [4.69, 9.17) is 5.73 Å². The molecule has 3 heteroatoms. The van der Waals surface area contributed by atoms with Gasteiger partial charge in [0.25, 0.3) is 5.56 Å². The van der Waals surface area contributed by atoms with Crippen molar-refractivity contribution in [2.24, 2.45) is 5.73 Å².